The Bertz CT molecular complexity index is 548. The van der Waals surface area contributed by atoms with Crippen LogP contribution in [0.5, 0.6) is 0 Å². The van der Waals surface area contributed by atoms with Gasteiger partial charge in [-0.05, 0) is 56.8 Å². The monoisotopic (exact) mass is 323 g/mol. The summed E-state index contributed by atoms with van der Waals surface area (Å²) in [7, 11) is 0. The van der Waals surface area contributed by atoms with Gasteiger partial charge in [-0.15, -0.1) is 11.8 Å². The smallest absolute Gasteiger partial charge is 0.321 e. The molecular weight excluding hydrogens is 301 g/mol. The van der Waals surface area contributed by atoms with Crippen molar-refractivity contribution in [3.8, 4) is 0 Å². The van der Waals surface area contributed by atoms with Gasteiger partial charge >= 0.3 is 6.03 Å². The number of rotatable bonds is 3. The van der Waals surface area contributed by atoms with Gasteiger partial charge in [0.25, 0.3) is 0 Å². The van der Waals surface area contributed by atoms with Crippen molar-refractivity contribution in [2.24, 2.45) is 0 Å². The minimum Gasteiger partial charge on any atom is -0.323 e. The van der Waals surface area contributed by atoms with E-state index in [2.05, 4.69) is 10.2 Å². The third-order valence-corrected chi connectivity index (χ3v) is 5.28. The van der Waals surface area contributed by atoms with Gasteiger partial charge in [-0.3, -0.25) is 4.90 Å². The Labute approximate surface area is 135 Å². The second-order valence-corrected chi connectivity index (χ2v) is 6.76. The zero-order chi connectivity index (χ0) is 15.5. The number of urea groups is 1. The van der Waals surface area contributed by atoms with E-state index >= 15 is 0 Å². The molecule has 2 amide bonds. The Hall–Kier alpha value is -1.27. The number of likely N-dealkylation sites (tertiary alicyclic amines) is 2. The second kappa shape index (κ2) is 6.87. The van der Waals surface area contributed by atoms with Crippen LogP contribution in [0.3, 0.4) is 0 Å². The molecule has 2 heterocycles. The molecule has 0 bridgehead atoms. The molecule has 1 atom stereocenters. The van der Waals surface area contributed by atoms with Gasteiger partial charge in [-0.2, -0.15) is 0 Å². The third kappa shape index (κ3) is 3.38. The number of carbonyl (C=O) groups is 1. The molecule has 0 spiro atoms. The summed E-state index contributed by atoms with van der Waals surface area (Å²) in [4.78, 5) is 17.2. The highest BCUT2D eigenvalue weighted by Crippen LogP contribution is 2.24. The van der Waals surface area contributed by atoms with E-state index in [1.165, 1.54) is 30.7 Å². The summed E-state index contributed by atoms with van der Waals surface area (Å²) >= 11 is 1.36. The molecule has 2 saturated heterocycles. The van der Waals surface area contributed by atoms with Crippen LogP contribution in [0.15, 0.2) is 23.1 Å². The SMILES string of the molecule is CSc1ccc(NC(=O)N2CC[C@H](N3CCCC3)C2)cc1F. The zero-order valence-corrected chi connectivity index (χ0v) is 13.7. The topological polar surface area (TPSA) is 35.6 Å². The largest absolute Gasteiger partial charge is 0.323 e. The van der Waals surface area contributed by atoms with Gasteiger partial charge < -0.3 is 10.2 Å². The van der Waals surface area contributed by atoms with E-state index in [1.807, 2.05) is 11.2 Å². The normalized spacial score (nSPS) is 22.3. The molecule has 2 aliphatic rings. The Kier molecular flexibility index (Phi) is 4.88. The van der Waals surface area contributed by atoms with E-state index in [0.717, 1.165) is 32.6 Å². The van der Waals surface area contributed by atoms with E-state index in [0.29, 0.717) is 16.6 Å². The zero-order valence-electron chi connectivity index (χ0n) is 12.8. The standard InChI is InChI=1S/C16H22FN3OS/c1-22-15-5-4-12(10-14(15)17)18-16(21)20-9-6-13(11-20)19-7-2-3-8-19/h4-5,10,13H,2-3,6-9,11H2,1H3,(H,18,21)/t13-/m0/s1. The molecule has 120 valence electrons. The lowest BCUT2D eigenvalue weighted by Crippen LogP contribution is -2.38. The number of amides is 2. The minimum atomic E-state index is -0.290. The van der Waals surface area contributed by atoms with Crippen molar-refractivity contribution >= 4 is 23.5 Å². The average Bonchev–Trinajstić information content (AvgIpc) is 3.18. The van der Waals surface area contributed by atoms with Gasteiger partial charge in [-0.25, -0.2) is 9.18 Å². The molecule has 1 aromatic rings. The number of nitrogens with one attached hydrogen (secondary N) is 1. The molecule has 4 nitrogen and oxygen atoms in total. The van der Waals surface area contributed by atoms with Crippen LogP contribution < -0.4 is 5.32 Å². The van der Waals surface area contributed by atoms with Crippen molar-refractivity contribution in [3.63, 3.8) is 0 Å². The fraction of sp³-hybridized carbons (Fsp3) is 0.562. The van der Waals surface area contributed by atoms with Crippen LogP contribution in [0, 0.1) is 5.82 Å². The van der Waals surface area contributed by atoms with Crippen LogP contribution in [0.25, 0.3) is 0 Å². The van der Waals surface area contributed by atoms with Crippen molar-refractivity contribution in [2.75, 3.05) is 37.8 Å². The summed E-state index contributed by atoms with van der Waals surface area (Å²) in [5.41, 5.74) is 0.518. The lowest BCUT2D eigenvalue weighted by molar-refractivity contribution is 0.210. The second-order valence-electron chi connectivity index (χ2n) is 5.91. The Morgan fingerprint density at radius 3 is 2.77 bits per heavy atom. The molecule has 0 aliphatic carbocycles. The lowest BCUT2D eigenvalue weighted by atomic mass is 10.2. The fourth-order valence-corrected chi connectivity index (χ4v) is 3.74. The average molecular weight is 323 g/mol. The maximum absolute atomic E-state index is 13.8. The fourth-order valence-electron chi connectivity index (χ4n) is 3.28. The van der Waals surface area contributed by atoms with Crippen LogP contribution in [-0.2, 0) is 0 Å². The molecule has 0 unspecified atom stereocenters. The quantitative estimate of drug-likeness (QED) is 0.867. The highest BCUT2D eigenvalue weighted by Gasteiger charge is 2.31. The molecule has 2 fully saturated rings. The first kappa shape index (κ1) is 15.6. The van der Waals surface area contributed by atoms with Crippen LogP contribution in [0.4, 0.5) is 14.9 Å². The Morgan fingerprint density at radius 1 is 1.32 bits per heavy atom. The van der Waals surface area contributed by atoms with E-state index in [-0.39, 0.29) is 11.8 Å². The number of carbonyl (C=O) groups excluding carboxylic acids is 1. The van der Waals surface area contributed by atoms with Crippen molar-refractivity contribution < 1.29 is 9.18 Å². The predicted molar refractivity (Wildman–Crippen MR) is 88.0 cm³/mol. The van der Waals surface area contributed by atoms with Crippen molar-refractivity contribution in [1.29, 1.82) is 0 Å². The molecule has 2 aliphatic heterocycles. The highest BCUT2D eigenvalue weighted by molar-refractivity contribution is 7.98. The van der Waals surface area contributed by atoms with Crippen molar-refractivity contribution in [3.05, 3.63) is 24.0 Å². The Balaban J connectivity index is 1.57. The van der Waals surface area contributed by atoms with Crippen molar-refractivity contribution in [1.82, 2.24) is 9.80 Å². The molecule has 6 heteroatoms. The summed E-state index contributed by atoms with van der Waals surface area (Å²) in [5.74, 6) is -0.290. The first-order chi connectivity index (χ1) is 10.7. The number of hydrogen-bond acceptors (Lipinski definition) is 3. The van der Waals surface area contributed by atoms with E-state index in [1.54, 1.807) is 12.1 Å². The molecule has 1 N–H and O–H groups in total. The predicted octanol–water partition coefficient (Wildman–Crippen LogP) is 3.25. The van der Waals surface area contributed by atoms with Crippen LogP contribution in [0.1, 0.15) is 19.3 Å². The molecule has 0 aromatic heterocycles. The summed E-state index contributed by atoms with van der Waals surface area (Å²) < 4.78 is 13.8. The van der Waals surface area contributed by atoms with E-state index in [9.17, 15) is 9.18 Å². The van der Waals surface area contributed by atoms with Crippen LogP contribution >= 0.6 is 11.8 Å². The number of nitrogens with zero attached hydrogens (tertiary/aromatic N) is 2. The van der Waals surface area contributed by atoms with Gasteiger partial charge in [0.2, 0.25) is 0 Å². The summed E-state index contributed by atoms with van der Waals surface area (Å²) in [6, 6.07) is 5.20. The molecule has 0 radical (unpaired) electrons. The Morgan fingerprint density at radius 2 is 2.09 bits per heavy atom. The molecule has 0 saturated carbocycles. The highest BCUT2D eigenvalue weighted by atomic mass is 32.2. The number of thioether (sulfide) groups is 1. The molecule has 1 aromatic carbocycles. The lowest BCUT2D eigenvalue weighted by Gasteiger charge is -2.23. The van der Waals surface area contributed by atoms with Gasteiger partial charge in [0.15, 0.2) is 0 Å². The minimum absolute atomic E-state index is 0.127. The van der Waals surface area contributed by atoms with Gasteiger partial charge in [0.05, 0.1) is 0 Å². The van der Waals surface area contributed by atoms with Gasteiger partial charge in [-0.1, -0.05) is 0 Å². The maximum Gasteiger partial charge on any atom is 0.321 e. The maximum atomic E-state index is 13.8. The van der Waals surface area contributed by atoms with Gasteiger partial charge in [0, 0.05) is 29.7 Å². The first-order valence-corrected chi connectivity index (χ1v) is 9.03. The number of anilines is 1. The van der Waals surface area contributed by atoms with E-state index < -0.39 is 0 Å². The molecular formula is C16H22FN3OS. The van der Waals surface area contributed by atoms with Gasteiger partial charge in [0.1, 0.15) is 5.82 Å². The van der Waals surface area contributed by atoms with Crippen molar-refractivity contribution in [2.45, 2.75) is 30.2 Å². The van der Waals surface area contributed by atoms with E-state index in [4.69, 9.17) is 0 Å². The third-order valence-electron chi connectivity index (χ3n) is 4.51. The molecule has 22 heavy (non-hydrogen) atoms. The van der Waals surface area contributed by atoms with Crippen LogP contribution in [-0.4, -0.2) is 54.3 Å². The number of halogens is 1. The summed E-state index contributed by atoms with van der Waals surface area (Å²) in [6.07, 6.45) is 5.40. The summed E-state index contributed by atoms with van der Waals surface area (Å²) in [6.45, 7) is 3.86. The first-order valence-electron chi connectivity index (χ1n) is 7.81. The number of hydrogen-bond donors (Lipinski definition) is 1. The summed E-state index contributed by atoms with van der Waals surface area (Å²) in [5, 5.41) is 2.81. The number of benzene rings is 1. The molecule has 3 rings (SSSR count). The van der Waals surface area contributed by atoms with Crippen LogP contribution in [0.2, 0.25) is 0 Å².